The Labute approximate surface area is 199 Å². The molecule has 2 fully saturated rings. The quantitative estimate of drug-likeness (QED) is 0.616. The lowest BCUT2D eigenvalue weighted by Crippen LogP contribution is -2.44. The number of thioether (sulfide) groups is 1. The number of hydrogen-bond acceptors (Lipinski definition) is 7. The van der Waals surface area contributed by atoms with Crippen molar-refractivity contribution in [2.24, 2.45) is 5.92 Å². The number of carbonyl (C=O) groups is 3. The van der Waals surface area contributed by atoms with Gasteiger partial charge in [0.05, 0.1) is 29.8 Å². The van der Waals surface area contributed by atoms with Crippen LogP contribution < -0.4 is 9.77 Å². The molecule has 2 aromatic rings. The molecule has 33 heavy (non-hydrogen) atoms. The summed E-state index contributed by atoms with van der Waals surface area (Å²) >= 11 is 2.32. The van der Waals surface area contributed by atoms with Crippen LogP contribution in [0.25, 0.3) is 0 Å². The molecule has 10 heteroatoms. The van der Waals surface area contributed by atoms with E-state index in [4.69, 9.17) is 4.74 Å². The van der Waals surface area contributed by atoms with Crippen molar-refractivity contribution in [3.8, 4) is 0 Å². The minimum atomic E-state index is -0.714. The monoisotopic (exact) mass is 487 g/mol. The molecule has 3 aliphatic heterocycles. The van der Waals surface area contributed by atoms with Crippen molar-refractivity contribution >= 4 is 46.5 Å². The van der Waals surface area contributed by atoms with Crippen LogP contribution in [0.1, 0.15) is 24.3 Å². The summed E-state index contributed by atoms with van der Waals surface area (Å²) in [7, 11) is 0. The Morgan fingerprint density at radius 1 is 1.09 bits per heavy atom. The highest BCUT2D eigenvalue weighted by molar-refractivity contribution is 8.00. The topological polar surface area (TPSA) is 88.9 Å². The van der Waals surface area contributed by atoms with E-state index in [1.165, 1.54) is 21.2 Å². The van der Waals surface area contributed by atoms with Gasteiger partial charge in [0, 0.05) is 23.4 Å². The zero-order valence-electron chi connectivity index (χ0n) is 18.7. The van der Waals surface area contributed by atoms with Crippen LogP contribution in [-0.2, 0) is 31.1 Å². The molecule has 1 aromatic heterocycles. The molecule has 1 aromatic carbocycles. The average Bonchev–Trinajstić information content (AvgIpc) is 3.24. The van der Waals surface area contributed by atoms with Crippen molar-refractivity contribution < 1.29 is 19.1 Å². The highest BCUT2D eigenvalue weighted by atomic mass is 32.2. The largest absolute Gasteiger partial charge is 0.378 e. The molecule has 2 unspecified atom stereocenters. The molecule has 0 bridgehead atoms. The third-order valence-corrected chi connectivity index (χ3v) is 9.48. The van der Waals surface area contributed by atoms with Crippen molar-refractivity contribution in [2.45, 2.75) is 43.0 Å². The van der Waals surface area contributed by atoms with Crippen molar-refractivity contribution in [2.75, 3.05) is 31.2 Å². The fourth-order valence-electron chi connectivity index (χ4n) is 4.76. The lowest BCUT2D eigenvalue weighted by Gasteiger charge is -2.36. The number of anilines is 1. The minimum absolute atomic E-state index is 0.0745. The van der Waals surface area contributed by atoms with Crippen LogP contribution in [0.3, 0.4) is 0 Å². The van der Waals surface area contributed by atoms with Crippen LogP contribution in [0.15, 0.2) is 34.1 Å². The number of benzene rings is 1. The van der Waals surface area contributed by atoms with Crippen molar-refractivity contribution in [3.05, 3.63) is 44.4 Å². The maximum absolute atomic E-state index is 13.5. The number of fused-ring (bicyclic) bond motifs is 2. The Hall–Kier alpha value is -2.43. The summed E-state index contributed by atoms with van der Waals surface area (Å²) in [5, 5.41) is -0.00944. The van der Waals surface area contributed by atoms with Gasteiger partial charge in [-0.2, -0.15) is 0 Å². The van der Waals surface area contributed by atoms with Gasteiger partial charge in [-0.3, -0.25) is 23.7 Å². The lowest BCUT2D eigenvalue weighted by molar-refractivity contribution is -0.136. The van der Waals surface area contributed by atoms with E-state index in [9.17, 15) is 19.2 Å². The second-order valence-corrected chi connectivity index (χ2v) is 11.3. The molecule has 4 heterocycles. The number of rotatable bonds is 3. The molecule has 2 atom stereocenters. The smallest absolute Gasteiger partial charge is 0.308 e. The van der Waals surface area contributed by atoms with Gasteiger partial charge in [-0.25, -0.2) is 4.90 Å². The summed E-state index contributed by atoms with van der Waals surface area (Å²) in [5.74, 6) is -1.24. The highest BCUT2D eigenvalue weighted by Gasteiger charge is 2.59. The maximum Gasteiger partial charge on any atom is 0.308 e. The second kappa shape index (κ2) is 8.11. The number of carbonyl (C=O) groups excluding carboxylic acids is 3. The maximum atomic E-state index is 13.5. The number of hydrogen-bond donors (Lipinski definition) is 0. The predicted octanol–water partition coefficient (Wildman–Crippen LogP) is 2.02. The molecule has 0 radical (unpaired) electrons. The van der Waals surface area contributed by atoms with Gasteiger partial charge in [-0.15, -0.1) is 0 Å². The van der Waals surface area contributed by atoms with E-state index in [1.54, 1.807) is 17.0 Å². The van der Waals surface area contributed by atoms with E-state index in [1.807, 2.05) is 32.9 Å². The third kappa shape index (κ3) is 3.55. The first-order valence-electron chi connectivity index (χ1n) is 10.9. The van der Waals surface area contributed by atoms with E-state index in [0.29, 0.717) is 37.0 Å². The second-order valence-electron chi connectivity index (χ2n) is 9.17. The Kier molecular flexibility index (Phi) is 5.49. The number of ether oxygens (including phenoxy) is 1. The van der Waals surface area contributed by atoms with Gasteiger partial charge in [0.25, 0.3) is 0 Å². The fourth-order valence-corrected chi connectivity index (χ4v) is 7.80. The van der Waals surface area contributed by atoms with Gasteiger partial charge >= 0.3 is 4.87 Å². The van der Waals surface area contributed by atoms with E-state index in [2.05, 4.69) is 0 Å². The van der Waals surface area contributed by atoms with Gasteiger partial charge in [0.1, 0.15) is 11.8 Å². The van der Waals surface area contributed by atoms with Crippen LogP contribution in [-0.4, -0.2) is 58.7 Å². The SMILES string of the molecule is Cc1ccc(N2C(=O)C3Sc4c(sc(=O)n4CC(=O)N4CCOCC4)C(C)(C)C3C2=O)cc1. The first kappa shape index (κ1) is 22.4. The predicted molar refractivity (Wildman–Crippen MR) is 126 cm³/mol. The molecular weight excluding hydrogens is 462 g/mol. The molecule has 174 valence electrons. The van der Waals surface area contributed by atoms with Crippen molar-refractivity contribution in [1.82, 2.24) is 9.47 Å². The summed E-state index contributed by atoms with van der Waals surface area (Å²) in [6, 6.07) is 7.32. The van der Waals surface area contributed by atoms with E-state index in [-0.39, 0.29) is 29.1 Å². The number of amides is 3. The van der Waals surface area contributed by atoms with Crippen molar-refractivity contribution in [3.63, 3.8) is 0 Å². The fraction of sp³-hybridized carbons (Fsp3) is 0.478. The summed E-state index contributed by atoms with van der Waals surface area (Å²) in [6.45, 7) is 7.68. The standard InChI is InChI=1S/C23H25N3O5S2/c1-13-4-6-14(7-5-13)26-19(28)16-17(20(26)29)32-21-18(23(16,2)3)33-22(30)25(21)12-15(27)24-8-10-31-11-9-24/h4-7,16-17H,8-12H2,1-3H3. The molecule has 2 saturated heterocycles. The summed E-state index contributed by atoms with van der Waals surface area (Å²) in [6.07, 6.45) is 0. The number of thiazole rings is 1. The van der Waals surface area contributed by atoms with Crippen LogP contribution >= 0.6 is 23.1 Å². The Bertz CT molecular complexity index is 1190. The molecule has 5 rings (SSSR count). The Morgan fingerprint density at radius 2 is 1.76 bits per heavy atom. The van der Waals surface area contributed by atoms with Crippen LogP contribution in [0, 0.1) is 12.8 Å². The van der Waals surface area contributed by atoms with Crippen LogP contribution in [0.2, 0.25) is 0 Å². The molecule has 8 nitrogen and oxygen atoms in total. The number of nitrogens with zero attached hydrogens (tertiary/aromatic N) is 3. The molecule has 3 amide bonds. The molecule has 0 aliphatic carbocycles. The van der Waals surface area contributed by atoms with E-state index < -0.39 is 16.6 Å². The molecule has 3 aliphatic rings. The van der Waals surface area contributed by atoms with Gasteiger partial charge < -0.3 is 9.64 Å². The van der Waals surface area contributed by atoms with Gasteiger partial charge in [0.15, 0.2) is 0 Å². The normalized spacial score (nSPS) is 24.1. The molecule has 0 saturated carbocycles. The van der Waals surface area contributed by atoms with E-state index in [0.717, 1.165) is 21.8 Å². The lowest BCUT2D eigenvalue weighted by atomic mass is 9.76. The Balaban J connectivity index is 1.49. The zero-order valence-corrected chi connectivity index (χ0v) is 20.3. The minimum Gasteiger partial charge on any atom is -0.378 e. The highest BCUT2D eigenvalue weighted by Crippen LogP contribution is 2.54. The summed E-state index contributed by atoms with van der Waals surface area (Å²) in [5.41, 5.74) is 0.889. The third-order valence-electron chi connectivity index (χ3n) is 6.65. The number of aryl methyl sites for hydroxylation is 1. The number of imide groups is 1. The summed E-state index contributed by atoms with van der Waals surface area (Å²) < 4.78 is 6.79. The van der Waals surface area contributed by atoms with Gasteiger partial charge in [-0.1, -0.05) is 54.6 Å². The molecular formula is C23H25N3O5S2. The van der Waals surface area contributed by atoms with Gasteiger partial charge in [-0.05, 0) is 19.1 Å². The number of morpholine rings is 1. The zero-order chi connectivity index (χ0) is 23.5. The first-order valence-corrected chi connectivity index (χ1v) is 12.6. The molecule has 0 spiro atoms. The van der Waals surface area contributed by atoms with E-state index >= 15 is 0 Å². The van der Waals surface area contributed by atoms with Crippen LogP contribution in [0.4, 0.5) is 5.69 Å². The first-order chi connectivity index (χ1) is 15.7. The summed E-state index contributed by atoms with van der Waals surface area (Å²) in [4.78, 5) is 56.2. The van der Waals surface area contributed by atoms with Gasteiger partial charge in [0.2, 0.25) is 17.7 Å². The van der Waals surface area contributed by atoms with Crippen molar-refractivity contribution in [1.29, 1.82) is 0 Å². The average molecular weight is 488 g/mol. The number of aromatic nitrogens is 1. The Morgan fingerprint density at radius 3 is 2.42 bits per heavy atom. The van der Waals surface area contributed by atoms with Crippen LogP contribution in [0.5, 0.6) is 0 Å². The molecule has 0 N–H and O–H groups in total.